The normalized spacial score (nSPS) is 9.87. The molecule has 0 spiro atoms. The van der Waals surface area contributed by atoms with E-state index < -0.39 is 5.97 Å². The minimum atomic E-state index is -1.03. The van der Waals surface area contributed by atoms with E-state index in [2.05, 4.69) is 10.3 Å². The smallest absolute Gasteiger partial charge is 0.329 e. The molecule has 1 heterocycles. The van der Waals surface area contributed by atoms with E-state index in [9.17, 15) is 9.59 Å². The Morgan fingerprint density at radius 2 is 2.40 bits per heavy atom. The standard InChI is InChI=1S/C8H10N2O4S/c11-7(12)3-14-2-1-9-8(13)6-4-15-5-10-6/h4-5H,1-3H2,(H,9,13)(H,11,12). The van der Waals surface area contributed by atoms with Crippen LogP contribution in [0.15, 0.2) is 10.9 Å². The number of rotatable bonds is 6. The lowest BCUT2D eigenvalue weighted by Crippen LogP contribution is -2.28. The first-order chi connectivity index (χ1) is 7.20. The van der Waals surface area contributed by atoms with Crippen molar-refractivity contribution in [3.63, 3.8) is 0 Å². The maximum atomic E-state index is 11.3. The Bertz CT molecular complexity index is 325. The van der Waals surface area contributed by atoms with E-state index in [4.69, 9.17) is 9.84 Å². The highest BCUT2D eigenvalue weighted by Crippen LogP contribution is 1.99. The number of aliphatic carboxylic acids is 1. The van der Waals surface area contributed by atoms with Crippen LogP contribution in [0.4, 0.5) is 0 Å². The number of carboxylic acid groups (broad SMARTS) is 1. The van der Waals surface area contributed by atoms with E-state index in [0.717, 1.165) is 0 Å². The van der Waals surface area contributed by atoms with Crippen LogP contribution < -0.4 is 5.32 Å². The van der Waals surface area contributed by atoms with Gasteiger partial charge in [-0.1, -0.05) is 0 Å². The Kier molecular flexibility index (Phi) is 4.72. The van der Waals surface area contributed by atoms with Gasteiger partial charge >= 0.3 is 5.97 Å². The topological polar surface area (TPSA) is 88.5 Å². The van der Waals surface area contributed by atoms with E-state index in [1.54, 1.807) is 10.9 Å². The number of ether oxygens (including phenoxy) is 1. The van der Waals surface area contributed by atoms with Gasteiger partial charge in [0.1, 0.15) is 12.3 Å². The molecular weight excluding hydrogens is 220 g/mol. The second kappa shape index (κ2) is 6.10. The largest absolute Gasteiger partial charge is 0.480 e. The summed E-state index contributed by atoms with van der Waals surface area (Å²) in [6, 6.07) is 0. The van der Waals surface area contributed by atoms with E-state index in [1.165, 1.54) is 11.3 Å². The summed E-state index contributed by atoms with van der Waals surface area (Å²) in [5, 5.41) is 12.4. The molecule has 0 unspecified atom stereocenters. The summed E-state index contributed by atoms with van der Waals surface area (Å²) in [7, 11) is 0. The first kappa shape index (κ1) is 11.6. The highest BCUT2D eigenvalue weighted by molar-refractivity contribution is 7.07. The first-order valence-corrected chi connectivity index (χ1v) is 5.10. The van der Waals surface area contributed by atoms with Crippen LogP contribution in [-0.2, 0) is 9.53 Å². The van der Waals surface area contributed by atoms with E-state index in [-0.39, 0.29) is 25.7 Å². The number of thiazole rings is 1. The monoisotopic (exact) mass is 230 g/mol. The molecule has 0 fully saturated rings. The summed E-state index contributed by atoms with van der Waals surface area (Å²) in [5.41, 5.74) is 1.92. The molecule has 0 saturated heterocycles. The molecule has 15 heavy (non-hydrogen) atoms. The van der Waals surface area contributed by atoms with Gasteiger partial charge in [-0.3, -0.25) is 4.79 Å². The van der Waals surface area contributed by atoms with Crippen LogP contribution in [0.25, 0.3) is 0 Å². The summed E-state index contributed by atoms with van der Waals surface area (Å²) < 4.78 is 4.73. The summed E-state index contributed by atoms with van der Waals surface area (Å²) in [4.78, 5) is 25.1. The van der Waals surface area contributed by atoms with Crippen LogP contribution in [0.5, 0.6) is 0 Å². The number of carbonyl (C=O) groups excluding carboxylic acids is 1. The molecule has 0 aliphatic rings. The molecule has 0 aliphatic heterocycles. The number of hydrogen-bond acceptors (Lipinski definition) is 5. The molecule has 0 atom stereocenters. The van der Waals surface area contributed by atoms with Gasteiger partial charge in [0, 0.05) is 11.9 Å². The summed E-state index contributed by atoms with van der Waals surface area (Å²) >= 11 is 1.33. The second-order valence-corrected chi connectivity index (χ2v) is 3.29. The molecule has 1 amide bonds. The molecular formula is C8H10N2O4S. The zero-order valence-corrected chi connectivity index (χ0v) is 8.62. The molecule has 1 rings (SSSR count). The van der Waals surface area contributed by atoms with Crippen LogP contribution in [-0.4, -0.2) is 41.7 Å². The SMILES string of the molecule is O=C(O)COCCNC(=O)c1cscn1. The lowest BCUT2D eigenvalue weighted by Gasteiger charge is -2.02. The zero-order chi connectivity index (χ0) is 11.1. The molecule has 0 aliphatic carbocycles. The Morgan fingerprint density at radius 3 is 3.00 bits per heavy atom. The van der Waals surface area contributed by atoms with Crippen molar-refractivity contribution in [1.82, 2.24) is 10.3 Å². The Hall–Kier alpha value is -1.47. The van der Waals surface area contributed by atoms with Gasteiger partial charge in [0.2, 0.25) is 0 Å². The number of aromatic nitrogens is 1. The van der Waals surface area contributed by atoms with Gasteiger partial charge in [-0.25, -0.2) is 9.78 Å². The highest BCUT2D eigenvalue weighted by Gasteiger charge is 2.05. The van der Waals surface area contributed by atoms with E-state index >= 15 is 0 Å². The molecule has 0 saturated carbocycles. The number of carbonyl (C=O) groups is 2. The Balaban J connectivity index is 2.10. The second-order valence-electron chi connectivity index (χ2n) is 2.58. The average Bonchev–Trinajstić information content (AvgIpc) is 2.69. The number of carboxylic acids is 1. The number of nitrogens with zero attached hydrogens (tertiary/aromatic N) is 1. The van der Waals surface area contributed by atoms with Crippen molar-refractivity contribution in [3.05, 3.63) is 16.6 Å². The minimum absolute atomic E-state index is 0.169. The zero-order valence-electron chi connectivity index (χ0n) is 7.80. The van der Waals surface area contributed by atoms with Crippen molar-refractivity contribution < 1.29 is 19.4 Å². The number of amides is 1. The van der Waals surface area contributed by atoms with Crippen molar-refractivity contribution in [1.29, 1.82) is 0 Å². The molecule has 0 aromatic carbocycles. The van der Waals surface area contributed by atoms with Crippen LogP contribution in [0.2, 0.25) is 0 Å². The molecule has 82 valence electrons. The summed E-state index contributed by atoms with van der Waals surface area (Å²) in [5.74, 6) is -1.31. The van der Waals surface area contributed by atoms with Gasteiger partial charge in [-0.05, 0) is 0 Å². The molecule has 1 aromatic rings. The Morgan fingerprint density at radius 1 is 1.60 bits per heavy atom. The van der Waals surface area contributed by atoms with Gasteiger partial charge in [0.25, 0.3) is 5.91 Å². The Labute approximate surface area is 89.9 Å². The first-order valence-electron chi connectivity index (χ1n) is 4.16. The molecule has 6 nitrogen and oxygen atoms in total. The van der Waals surface area contributed by atoms with Gasteiger partial charge in [0.15, 0.2) is 0 Å². The van der Waals surface area contributed by atoms with Crippen molar-refractivity contribution >= 4 is 23.2 Å². The summed E-state index contributed by atoms with van der Waals surface area (Å²) in [6.07, 6.45) is 0. The third-order valence-electron chi connectivity index (χ3n) is 1.42. The molecule has 0 radical (unpaired) electrons. The average molecular weight is 230 g/mol. The van der Waals surface area contributed by atoms with E-state index in [1.807, 2.05) is 0 Å². The lowest BCUT2D eigenvalue weighted by atomic mass is 10.4. The van der Waals surface area contributed by atoms with Crippen LogP contribution >= 0.6 is 11.3 Å². The maximum Gasteiger partial charge on any atom is 0.329 e. The fourth-order valence-corrected chi connectivity index (χ4v) is 1.34. The third kappa shape index (κ3) is 4.52. The lowest BCUT2D eigenvalue weighted by molar-refractivity contribution is -0.142. The van der Waals surface area contributed by atoms with Crippen molar-refractivity contribution in [2.45, 2.75) is 0 Å². The number of nitrogens with one attached hydrogen (secondary N) is 1. The predicted octanol–water partition coefficient (Wildman–Crippen LogP) is -0.0259. The third-order valence-corrected chi connectivity index (χ3v) is 2.01. The minimum Gasteiger partial charge on any atom is -0.480 e. The quantitative estimate of drug-likeness (QED) is 0.670. The summed E-state index contributed by atoms with van der Waals surface area (Å²) in [6.45, 7) is 0.0817. The molecule has 2 N–H and O–H groups in total. The van der Waals surface area contributed by atoms with Crippen molar-refractivity contribution in [3.8, 4) is 0 Å². The van der Waals surface area contributed by atoms with Crippen LogP contribution in [0.1, 0.15) is 10.5 Å². The van der Waals surface area contributed by atoms with Gasteiger partial charge in [-0.2, -0.15) is 0 Å². The van der Waals surface area contributed by atoms with Crippen molar-refractivity contribution in [2.24, 2.45) is 0 Å². The number of hydrogen-bond donors (Lipinski definition) is 2. The fourth-order valence-electron chi connectivity index (χ4n) is 0.811. The van der Waals surface area contributed by atoms with Crippen LogP contribution in [0.3, 0.4) is 0 Å². The van der Waals surface area contributed by atoms with Gasteiger partial charge in [0.05, 0.1) is 12.1 Å². The van der Waals surface area contributed by atoms with Gasteiger partial charge < -0.3 is 15.2 Å². The predicted molar refractivity (Wildman–Crippen MR) is 52.9 cm³/mol. The molecule has 0 bridgehead atoms. The van der Waals surface area contributed by atoms with Crippen LogP contribution in [0, 0.1) is 0 Å². The molecule has 1 aromatic heterocycles. The molecule has 7 heteroatoms. The fraction of sp³-hybridized carbons (Fsp3) is 0.375. The van der Waals surface area contributed by atoms with Gasteiger partial charge in [-0.15, -0.1) is 11.3 Å². The maximum absolute atomic E-state index is 11.3. The van der Waals surface area contributed by atoms with E-state index in [0.29, 0.717) is 5.69 Å². The highest BCUT2D eigenvalue weighted by atomic mass is 32.1. The van der Waals surface area contributed by atoms with Crippen molar-refractivity contribution in [2.75, 3.05) is 19.8 Å².